The number of nitrogens with one attached hydrogen (secondary N) is 1. The minimum Gasteiger partial charge on any atom is -0.445 e. The average molecular weight is 376 g/mol. The summed E-state index contributed by atoms with van der Waals surface area (Å²) >= 11 is 0. The van der Waals surface area contributed by atoms with E-state index < -0.39 is 18.2 Å². The van der Waals surface area contributed by atoms with Gasteiger partial charge in [-0.1, -0.05) is 58.0 Å². The van der Waals surface area contributed by atoms with E-state index in [9.17, 15) is 14.7 Å². The van der Waals surface area contributed by atoms with Crippen molar-refractivity contribution in [3.05, 3.63) is 35.9 Å². The predicted octanol–water partition coefficient (Wildman–Crippen LogP) is 2.95. The molecule has 2 rings (SSSR count). The molecule has 0 aliphatic carbocycles. The number of aliphatic hydroxyl groups is 1. The highest BCUT2D eigenvalue weighted by atomic mass is 16.5. The first-order valence-corrected chi connectivity index (χ1v) is 9.77. The first kappa shape index (κ1) is 21.2. The number of carbonyl (C=O) groups is 2. The van der Waals surface area contributed by atoms with Gasteiger partial charge in [0.1, 0.15) is 12.6 Å². The van der Waals surface area contributed by atoms with Gasteiger partial charge in [0, 0.05) is 6.54 Å². The monoisotopic (exact) mass is 376 g/mol. The fraction of sp³-hybridized carbons (Fsp3) is 0.619. The lowest BCUT2D eigenvalue weighted by Crippen LogP contribution is -2.55. The number of nitrogens with zero attached hydrogens (tertiary/aromatic N) is 1. The minimum atomic E-state index is -0.673. The van der Waals surface area contributed by atoms with Crippen LogP contribution in [0.15, 0.2) is 30.3 Å². The second-order valence-corrected chi connectivity index (χ2v) is 7.90. The Labute approximate surface area is 161 Å². The number of hydrogen-bond donors (Lipinski definition) is 2. The van der Waals surface area contributed by atoms with Crippen molar-refractivity contribution >= 4 is 12.0 Å². The van der Waals surface area contributed by atoms with Gasteiger partial charge in [-0.25, -0.2) is 4.79 Å². The van der Waals surface area contributed by atoms with E-state index in [-0.39, 0.29) is 30.4 Å². The van der Waals surface area contributed by atoms with Crippen LogP contribution >= 0.6 is 0 Å². The number of benzene rings is 1. The van der Waals surface area contributed by atoms with E-state index >= 15 is 0 Å². The first-order valence-electron chi connectivity index (χ1n) is 9.77. The summed E-state index contributed by atoms with van der Waals surface area (Å²) < 4.78 is 5.26. The van der Waals surface area contributed by atoms with Gasteiger partial charge < -0.3 is 20.1 Å². The van der Waals surface area contributed by atoms with Crippen molar-refractivity contribution in [3.8, 4) is 0 Å². The summed E-state index contributed by atoms with van der Waals surface area (Å²) in [6, 6.07) is 8.54. The lowest BCUT2D eigenvalue weighted by molar-refractivity contribution is -0.138. The second kappa shape index (κ2) is 9.74. The quantitative estimate of drug-likeness (QED) is 0.767. The van der Waals surface area contributed by atoms with Crippen molar-refractivity contribution < 1.29 is 19.4 Å². The van der Waals surface area contributed by atoms with Crippen LogP contribution in [0.5, 0.6) is 0 Å². The molecule has 3 atom stereocenters. The van der Waals surface area contributed by atoms with Gasteiger partial charge in [-0.3, -0.25) is 4.79 Å². The van der Waals surface area contributed by atoms with E-state index in [1.54, 1.807) is 4.90 Å². The predicted molar refractivity (Wildman–Crippen MR) is 104 cm³/mol. The molecule has 1 aliphatic rings. The Bertz CT molecular complexity index is 618. The third kappa shape index (κ3) is 5.70. The van der Waals surface area contributed by atoms with Crippen molar-refractivity contribution in [2.45, 2.75) is 65.3 Å². The molecule has 2 amide bonds. The number of rotatable bonds is 7. The highest BCUT2D eigenvalue weighted by Crippen LogP contribution is 2.25. The van der Waals surface area contributed by atoms with E-state index in [2.05, 4.69) is 5.32 Å². The van der Waals surface area contributed by atoms with Crippen molar-refractivity contribution in [2.24, 2.45) is 11.8 Å². The third-order valence-electron chi connectivity index (χ3n) is 5.08. The number of amides is 2. The largest absolute Gasteiger partial charge is 0.445 e. The average Bonchev–Trinajstić information content (AvgIpc) is 3.13. The summed E-state index contributed by atoms with van der Waals surface area (Å²) in [6.45, 7) is 8.45. The first-order chi connectivity index (χ1) is 12.8. The van der Waals surface area contributed by atoms with Crippen LogP contribution in [0.4, 0.5) is 4.79 Å². The zero-order valence-corrected chi connectivity index (χ0v) is 16.7. The van der Waals surface area contributed by atoms with E-state index in [0.717, 1.165) is 18.4 Å². The maximum Gasteiger partial charge on any atom is 0.408 e. The summed E-state index contributed by atoms with van der Waals surface area (Å²) in [5, 5.41) is 13.2. The summed E-state index contributed by atoms with van der Waals surface area (Å²) in [6.07, 6.45) is 0.484. The van der Waals surface area contributed by atoms with Crippen molar-refractivity contribution in [1.82, 2.24) is 10.2 Å². The highest BCUT2D eigenvalue weighted by Gasteiger charge is 2.39. The molecule has 1 unspecified atom stereocenters. The Balaban J connectivity index is 1.98. The van der Waals surface area contributed by atoms with Crippen LogP contribution in [0.3, 0.4) is 0 Å². The SMILES string of the molecule is CC(C)[C@H](O)C1CCCN1C(=O)[C@H](NC(=O)OCc1ccccc1)C(C)C. The van der Waals surface area contributed by atoms with Gasteiger partial charge in [0.05, 0.1) is 12.1 Å². The summed E-state index contributed by atoms with van der Waals surface area (Å²) in [5.74, 6) is -0.159. The molecule has 0 saturated carbocycles. The summed E-state index contributed by atoms with van der Waals surface area (Å²) in [5.41, 5.74) is 0.889. The van der Waals surface area contributed by atoms with Gasteiger partial charge in [0.15, 0.2) is 0 Å². The van der Waals surface area contributed by atoms with Crippen molar-refractivity contribution in [1.29, 1.82) is 0 Å². The molecule has 2 N–H and O–H groups in total. The summed E-state index contributed by atoms with van der Waals surface area (Å²) in [7, 11) is 0. The molecule has 27 heavy (non-hydrogen) atoms. The lowest BCUT2D eigenvalue weighted by atomic mass is 9.96. The Hall–Kier alpha value is -2.08. The number of hydrogen-bond acceptors (Lipinski definition) is 4. The number of alkyl carbamates (subject to hydrolysis) is 1. The molecular weight excluding hydrogens is 344 g/mol. The highest BCUT2D eigenvalue weighted by molar-refractivity contribution is 5.86. The Morgan fingerprint density at radius 3 is 2.44 bits per heavy atom. The van der Waals surface area contributed by atoms with E-state index in [1.165, 1.54) is 0 Å². The molecule has 1 aromatic rings. The molecule has 0 radical (unpaired) electrons. The van der Waals surface area contributed by atoms with Crippen LogP contribution in [0.1, 0.15) is 46.1 Å². The Morgan fingerprint density at radius 2 is 1.85 bits per heavy atom. The van der Waals surface area contributed by atoms with Gasteiger partial charge in [-0.15, -0.1) is 0 Å². The van der Waals surface area contributed by atoms with Crippen LogP contribution in [0, 0.1) is 11.8 Å². The zero-order valence-electron chi connectivity index (χ0n) is 16.7. The molecule has 150 valence electrons. The number of carbonyl (C=O) groups excluding carboxylic acids is 2. The molecule has 0 bridgehead atoms. The van der Waals surface area contributed by atoms with Gasteiger partial charge in [0.25, 0.3) is 0 Å². The maximum absolute atomic E-state index is 13.1. The molecule has 1 saturated heterocycles. The van der Waals surface area contributed by atoms with Crippen LogP contribution in [-0.4, -0.2) is 46.7 Å². The van der Waals surface area contributed by atoms with Gasteiger partial charge in [-0.05, 0) is 30.2 Å². The molecular formula is C21H32N2O4. The lowest BCUT2D eigenvalue weighted by Gasteiger charge is -2.34. The number of ether oxygens (including phenoxy) is 1. The van der Waals surface area contributed by atoms with E-state index in [1.807, 2.05) is 58.0 Å². The van der Waals surface area contributed by atoms with E-state index in [4.69, 9.17) is 4.74 Å². The maximum atomic E-state index is 13.1. The van der Waals surface area contributed by atoms with Gasteiger partial charge in [0.2, 0.25) is 5.91 Å². The minimum absolute atomic E-state index is 0.0738. The van der Waals surface area contributed by atoms with Crippen LogP contribution in [0.2, 0.25) is 0 Å². The summed E-state index contributed by atoms with van der Waals surface area (Å²) in [4.78, 5) is 27.0. The Kier molecular flexibility index (Phi) is 7.66. The smallest absolute Gasteiger partial charge is 0.408 e. The molecule has 1 fully saturated rings. The van der Waals surface area contributed by atoms with E-state index in [0.29, 0.717) is 6.54 Å². The Morgan fingerprint density at radius 1 is 1.19 bits per heavy atom. The van der Waals surface area contributed by atoms with Gasteiger partial charge in [-0.2, -0.15) is 0 Å². The van der Waals surface area contributed by atoms with Crippen LogP contribution in [-0.2, 0) is 16.1 Å². The molecule has 0 spiro atoms. The van der Waals surface area contributed by atoms with Crippen molar-refractivity contribution in [3.63, 3.8) is 0 Å². The molecule has 1 heterocycles. The fourth-order valence-corrected chi connectivity index (χ4v) is 3.45. The third-order valence-corrected chi connectivity index (χ3v) is 5.08. The molecule has 1 aromatic carbocycles. The number of likely N-dealkylation sites (tertiary alicyclic amines) is 1. The second-order valence-electron chi connectivity index (χ2n) is 7.90. The molecule has 6 heteroatoms. The van der Waals surface area contributed by atoms with Crippen molar-refractivity contribution in [2.75, 3.05) is 6.54 Å². The topological polar surface area (TPSA) is 78.9 Å². The molecule has 6 nitrogen and oxygen atoms in total. The molecule has 1 aliphatic heterocycles. The van der Waals surface area contributed by atoms with Crippen LogP contribution < -0.4 is 5.32 Å². The fourth-order valence-electron chi connectivity index (χ4n) is 3.45. The number of aliphatic hydroxyl groups excluding tert-OH is 1. The van der Waals surface area contributed by atoms with Gasteiger partial charge >= 0.3 is 6.09 Å². The van der Waals surface area contributed by atoms with Crippen LogP contribution in [0.25, 0.3) is 0 Å². The molecule has 0 aromatic heterocycles. The zero-order chi connectivity index (χ0) is 20.0. The normalized spacial score (nSPS) is 19.2. The standard InChI is InChI=1S/C21H32N2O4/c1-14(2)18(22-21(26)27-13-16-9-6-5-7-10-16)20(25)23-12-8-11-17(23)19(24)15(3)4/h5-7,9-10,14-15,17-19,24H,8,11-13H2,1-4H3,(H,22,26)/t17?,18-,19+/m1/s1.